The minimum absolute atomic E-state index is 0.00623. The molecule has 0 amide bonds. The van der Waals surface area contributed by atoms with Gasteiger partial charge in [-0.25, -0.2) is 0 Å². The maximum atomic E-state index is 13.0. The number of fused-ring (bicyclic) bond motifs is 2. The molecule has 2 aromatic carbocycles. The third-order valence-electron chi connectivity index (χ3n) is 7.52. The van der Waals surface area contributed by atoms with Crippen LogP contribution in [0.1, 0.15) is 71.8 Å². The molecule has 1 aliphatic heterocycles. The Morgan fingerprint density at radius 1 is 1.00 bits per heavy atom. The van der Waals surface area contributed by atoms with E-state index in [4.69, 9.17) is 5.73 Å². The Kier molecular flexibility index (Phi) is 5.13. The van der Waals surface area contributed by atoms with Crippen LogP contribution in [0.2, 0.25) is 0 Å². The lowest BCUT2D eigenvalue weighted by atomic mass is 9.66. The van der Waals surface area contributed by atoms with Crippen molar-refractivity contribution in [1.29, 1.82) is 0 Å². The van der Waals surface area contributed by atoms with Crippen LogP contribution in [0.3, 0.4) is 0 Å². The molecule has 2 fully saturated rings. The zero-order valence-electron chi connectivity index (χ0n) is 17.9. The summed E-state index contributed by atoms with van der Waals surface area (Å²) in [6, 6.07) is 14.8. The fourth-order valence-electron chi connectivity index (χ4n) is 5.71. The van der Waals surface area contributed by atoms with E-state index in [0.29, 0.717) is 5.92 Å². The number of rotatable bonds is 7. The first-order valence-corrected chi connectivity index (χ1v) is 11.4. The standard InChI is InChI=1S/C26H28N2O4/c27-26(25(31)32,14-22(29)24(30)17-12-10-16(11-13-17)15-8-9-15)23-18-4-1-2-6-20(18)28-21-7-3-5-19(21)23/h1-2,4,6,10-13,15,19,21,23,28H,3,5,7-9,14,27H2,(H,31,32)/t19-,21+,23?,26?/m0/s1. The van der Waals surface area contributed by atoms with E-state index in [9.17, 15) is 19.5 Å². The van der Waals surface area contributed by atoms with E-state index in [0.717, 1.165) is 43.4 Å². The summed E-state index contributed by atoms with van der Waals surface area (Å²) in [6.07, 6.45) is 4.54. The Labute approximate surface area is 187 Å². The molecule has 4 atom stereocenters. The summed E-state index contributed by atoms with van der Waals surface area (Å²) in [5.41, 5.74) is 7.86. The summed E-state index contributed by atoms with van der Waals surface area (Å²) < 4.78 is 0. The van der Waals surface area contributed by atoms with Crippen LogP contribution in [0.4, 0.5) is 5.69 Å². The smallest absolute Gasteiger partial charge is 0.324 e. The molecule has 0 saturated heterocycles. The number of carbonyl (C=O) groups is 3. The number of anilines is 1. The minimum Gasteiger partial charge on any atom is -0.480 e. The lowest BCUT2D eigenvalue weighted by Crippen LogP contribution is -2.59. The summed E-state index contributed by atoms with van der Waals surface area (Å²) in [5, 5.41) is 13.7. The fraction of sp³-hybridized carbons (Fsp3) is 0.423. The quantitative estimate of drug-likeness (QED) is 0.453. The normalized spacial score (nSPS) is 25.7. The first-order valence-electron chi connectivity index (χ1n) is 11.4. The largest absolute Gasteiger partial charge is 0.480 e. The van der Waals surface area contributed by atoms with Crippen LogP contribution < -0.4 is 11.1 Å². The van der Waals surface area contributed by atoms with Crippen LogP contribution in [-0.2, 0) is 9.59 Å². The lowest BCUT2D eigenvalue weighted by Gasteiger charge is -2.44. The molecule has 2 aliphatic carbocycles. The summed E-state index contributed by atoms with van der Waals surface area (Å²) in [7, 11) is 0. The van der Waals surface area contributed by atoms with Crippen molar-refractivity contribution in [3.63, 3.8) is 0 Å². The van der Waals surface area contributed by atoms with E-state index in [1.165, 1.54) is 5.56 Å². The third kappa shape index (κ3) is 3.52. The SMILES string of the molecule is NC(CC(=O)C(=O)c1ccc(C2CC2)cc1)(C(=O)O)C1c2ccccc2N[C@@H]2CCC[C@H]12. The van der Waals surface area contributed by atoms with Gasteiger partial charge in [-0.1, -0.05) is 48.9 Å². The van der Waals surface area contributed by atoms with Crippen molar-refractivity contribution in [3.05, 3.63) is 65.2 Å². The second kappa shape index (κ2) is 7.85. The molecular weight excluding hydrogens is 404 g/mol. The minimum atomic E-state index is -1.86. The zero-order valence-corrected chi connectivity index (χ0v) is 17.9. The molecule has 1 heterocycles. The van der Waals surface area contributed by atoms with Crippen LogP contribution in [0.5, 0.6) is 0 Å². The Morgan fingerprint density at radius 3 is 2.41 bits per heavy atom. The molecular formula is C26H28N2O4. The maximum Gasteiger partial charge on any atom is 0.324 e. The number of carboxylic acid groups (broad SMARTS) is 1. The number of carboxylic acids is 1. The van der Waals surface area contributed by atoms with Crippen molar-refractivity contribution in [1.82, 2.24) is 0 Å². The van der Waals surface area contributed by atoms with Crippen LogP contribution in [0.25, 0.3) is 0 Å². The predicted molar refractivity (Wildman–Crippen MR) is 121 cm³/mol. The van der Waals surface area contributed by atoms with Crippen molar-refractivity contribution >= 4 is 23.2 Å². The number of para-hydroxylation sites is 1. The molecule has 6 nitrogen and oxygen atoms in total. The van der Waals surface area contributed by atoms with Crippen molar-refractivity contribution in [3.8, 4) is 0 Å². The van der Waals surface area contributed by atoms with E-state index in [1.807, 2.05) is 36.4 Å². The van der Waals surface area contributed by atoms with Gasteiger partial charge in [0.1, 0.15) is 5.54 Å². The van der Waals surface area contributed by atoms with Gasteiger partial charge in [-0.2, -0.15) is 0 Å². The number of nitrogens with one attached hydrogen (secondary N) is 1. The van der Waals surface area contributed by atoms with E-state index >= 15 is 0 Å². The highest BCUT2D eigenvalue weighted by Crippen LogP contribution is 2.50. The third-order valence-corrected chi connectivity index (χ3v) is 7.52. The molecule has 2 unspecified atom stereocenters. The van der Waals surface area contributed by atoms with Gasteiger partial charge in [0.05, 0.1) is 0 Å². The van der Waals surface area contributed by atoms with Crippen LogP contribution >= 0.6 is 0 Å². The fourth-order valence-corrected chi connectivity index (χ4v) is 5.71. The van der Waals surface area contributed by atoms with Gasteiger partial charge >= 0.3 is 5.97 Å². The van der Waals surface area contributed by atoms with Crippen LogP contribution in [0.15, 0.2) is 48.5 Å². The van der Waals surface area contributed by atoms with Crippen molar-refractivity contribution in [2.75, 3.05) is 5.32 Å². The molecule has 32 heavy (non-hydrogen) atoms. The molecule has 6 heteroatoms. The monoisotopic (exact) mass is 432 g/mol. The molecule has 0 radical (unpaired) electrons. The van der Waals surface area contributed by atoms with Crippen molar-refractivity contribution in [2.45, 2.75) is 61.9 Å². The molecule has 2 aromatic rings. The number of benzene rings is 2. The maximum absolute atomic E-state index is 13.0. The number of nitrogens with two attached hydrogens (primary N) is 1. The summed E-state index contributed by atoms with van der Waals surface area (Å²) in [6.45, 7) is 0. The number of aliphatic carboxylic acids is 1. The van der Waals surface area contributed by atoms with Gasteiger partial charge in [-0.15, -0.1) is 0 Å². The Morgan fingerprint density at radius 2 is 1.72 bits per heavy atom. The highest BCUT2D eigenvalue weighted by Gasteiger charge is 2.53. The van der Waals surface area contributed by atoms with Gasteiger partial charge < -0.3 is 16.2 Å². The topological polar surface area (TPSA) is 109 Å². The van der Waals surface area contributed by atoms with E-state index < -0.39 is 35.4 Å². The van der Waals surface area contributed by atoms with Crippen LogP contribution in [0, 0.1) is 5.92 Å². The molecule has 0 spiro atoms. The van der Waals surface area contributed by atoms with Gasteiger partial charge in [0, 0.05) is 29.6 Å². The van der Waals surface area contributed by atoms with Gasteiger partial charge in [0.15, 0.2) is 0 Å². The molecule has 4 N–H and O–H groups in total. The Bertz CT molecular complexity index is 1080. The average molecular weight is 433 g/mol. The summed E-state index contributed by atoms with van der Waals surface area (Å²) in [4.78, 5) is 38.5. The highest BCUT2D eigenvalue weighted by atomic mass is 16.4. The van der Waals surface area contributed by atoms with Crippen molar-refractivity contribution in [2.24, 2.45) is 11.7 Å². The van der Waals surface area contributed by atoms with Crippen LogP contribution in [-0.4, -0.2) is 34.2 Å². The number of Topliss-reactive ketones (excluding diaryl/α,β-unsaturated/α-hetero) is 2. The van der Waals surface area contributed by atoms with E-state index in [-0.39, 0.29) is 17.5 Å². The number of hydrogen-bond acceptors (Lipinski definition) is 5. The Balaban J connectivity index is 1.44. The Hall–Kier alpha value is -2.99. The second-order valence-corrected chi connectivity index (χ2v) is 9.58. The summed E-state index contributed by atoms with van der Waals surface area (Å²) in [5.74, 6) is -2.65. The second-order valence-electron chi connectivity index (χ2n) is 9.58. The van der Waals surface area contributed by atoms with Gasteiger partial charge in [0.25, 0.3) is 0 Å². The lowest BCUT2D eigenvalue weighted by molar-refractivity contribution is -0.146. The first-order chi connectivity index (χ1) is 15.4. The number of carbonyl (C=O) groups excluding carboxylic acids is 2. The molecule has 166 valence electrons. The molecule has 2 saturated carbocycles. The van der Waals surface area contributed by atoms with Crippen molar-refractivity contribution < 1.29 is 19.5 Å². The van der Waals surface area contributed by atoms with Gasteiger partial charge in [0.2, 0.25) is 11.6 Å². The number of ketones is 2. The average Bonchev–Trinajstić information content (AvgIpc) is 3.54. The molecule has 0 bridgehead atoms. The van der Waals surface area contributed by atoms with Gasteiger partial charge in [-0.05, 0) is 54.7 Å². The number of hydrogen-bond donors (Lipinski definition) is 3. The van der Waals surface area contributed by atoms with Gasteiger partial charge in [-0.3, -0.25) is 14.4 Å². The van der Waals surface area contributed by atoms with E-state index in [2.05, 4.69) is 5.32 Å². The zero-order chi connectivity index (χ0) is 22.5. The highest BCUT2D eigenvalue weighted by molar-refractivity contribution is 6.44. The van der Waals surface area contributed by atoms with E-state index in [1.54, 1.807) is 12.1 Å². The summed E-state index contributed by atoms with van der Waals surface area (Å²) >= 11 is 0. The molecule has 0 aromatic heterocycles. The molecule has 3 aliphatic rings. The predicted octanol–water partition coefficient (Wildman–Crippen LogP) is 3.87. The molecule has 5 rings (SSSR count). The first kappa shape index (κ1) is 20.9.